The van der Waals surface area contributed by atoms with Gasteiger partial charge in [-0.15, -0.1) is 0 Å². The molecular weight excluding hydrogens is 204 g/mol. The first-order chi connectivity index (χ1) is 3.91. The minimum Gasteiger partial charge on any atom is -1.00 e. The predicted molar refractivity (Wildman–Crippen MR) is 40.4 cm³/mol. The fourth-order valence-electron chi connectivity index (χ4n) is 0.510. The SMILES string of the molecule is C1CCOC1.C=[C-]C.[Br-].[Mg+2]. The second-order valence-electron chi connectivity index (χ2n) is 1.67. The van der Waals surface area contributed by atoms with Gasteiger partial charge in [-0.2, -0.15) is 6.92 Å². The molecule has 0 atom stereocenters. The number of rotatable bonds is 0. The van der Waals surface area contributed by atoms with Gasteiger partial charge >= 0.3 is 23.1 Å². The largest absolute Gasteiger partial charge is 2.00 e. The van der Waals surface area contributed by atoms with Gasteiger partial charge in [-0.1, -0.05) is 0 Å². The quantitative estimate of drug-likeness (QED) is 0.351. The smallest absolute Gasteiger partial charge is 1.00 e. The van der Waals surface area contributed by atoms with E-state index in [1.54, 1.807) is 6.92 Å². The molecule has 1 nitrogen and oxygen atoms in total. The molecule has 0 aromatic heterocycles. The zero-order chi connectivity index (χ0) is 6.24. The molecule has 3 heteroatoms. The first kappa shape index (κ1) is 17.1. The Balaban J connectivity index is -0.0000000900. The molecule has 1 fully saturated rings. The van der Waals surface area contributed by atoms with Gasteiger partial charge < -0.3 is 27.8 Å². The van der Waals surface area contributed by atoms with Gasteiger partial charge in [0.05, 0.1) is 0 Å². The van der Waals surface area contributed by atoms with E-state index in [-0.39, 0.29) is 40.0 Å². The van der Waals surface area contributed by atoms with E-state index in [0.29, 0.717) is 0 Å². The van der Waals surface area contributed by atoms with Crippen LogP contribution >= 0.6 is 0 Å². The summed E-state index contributed by atoms with van der Waals surface area (Å²) in [6, 6.07) is 0. The van der Waals surface area contributed by atoms with E-state index in [0.717, 1.165) is 13.2 Å². The molecule has 0 aliphatic carbocycles. The molecule has 0 bridgehead atoms. The summed E-state index contributed by atoms with van der Waals surface area (Å²) in [4.78, 5) is 0. The summed E-state index contributed by atoms with van der Waals surface area (Å²) < 4.78 is 4.94. The zero-order valence-corrected chi connectivity index (χ0v) is 9.53. The van der Waals surface area contributed by atoms with Gasteiger partial charge in [0, 0.05) is 13.2 Å². The maximum absolute atomic E-state index is 4.94. The zero-order valence-electron chi connectivity index (χ0n) is 6.53. The molecule has 1 aliphatic heterocycles. The number of allylic oxidation sites excluding steroid dienone is 1. The van der Waals surface area contributed by atoms with Gasteiger partial charge in [-0.25, -0.2) is 0 Å². The van der Waals surface area contributed by atoms with Crippen molar-refractivity contribution in [2.75, 3.05) is 13.2 Å². The third-order valence-electron chi connectivity index (χ3n) is 0.827. The van der Waals surface area contributed by atoms with Crippen LogP contribution in [0.25, 0.3) is 0 Å². The minimum absolute atomic E-state index is 0. The van der Waals surface area contributed by atoms with Crippen molar-refractivity contribution in [3.8, 4) is 0 Å². The Morgan fingerprint density at radius 1 is 1.30 bits per heavy atom. The van der Waals surface area contributed by atoms with Crippen LogP contribution in [0.5, 0.6) is 0 Å². The monoisotopic (exact) mass is 216 g/mol. The van der Waals surface area contributed by atoms with Crippen LogP contribution in [0.15, 0.2) is 6.58 Å². The summed E-state index contributed by atoms with van der Waals surface area (Å²) in [5.41, 5.74) is 0. The van der Waals surface area contributed by atoms with Crippen molar-refractivity contribution >= 4 is 23.1 Å². The van der Waals surface area contributed by atoms with Crippen molar-refractivity contribution < 1.29 is 21.7 Å². The molecule has 0 aromatic rings. The van der Waals surface area contributed by atoms with E-state index < -0.39 is 0 Å². The summed E-state index contributed by atoms with van der Waals surface area (Å²) in [7, 11) is 0. The van der Waals surface area contributed by atoms with Crippen LogP contribution in [0.4, 0.5) is 0 Å². The molecular formula is C7H13BrMgO. The molecule has 1 saturated heterocycles. The molecule has 1 heterocycles. The Morgan fingerprint density at radius 3 is 1.70 bits per heavy atom. The van der Waals surface area contributed by atoms with Crippen molar-refractivity contribution in [2.24, 2.45) is 0 Å². The molecule has 0 spiro atoms. The van der Waals surface area contributed by atoms with Crippen molar-refractivity contribution in [3.05, 3.63) is 12.7 Å². The Morgan fingerprint density at radius 2 is 1.60 bits per heavy atom. The Hall–Kier alpha value is 0.946. The fraction of sp³-hybridized carbons (Fsp3) is 0.714. The second kappa shape index (κ2) is 16.5. The number of halogens is 1. The minimum atomic E-state index is 0. The van der Waals surface area contributed by atoms with Crippen molar-refractivity contribution in [2.45, 2.75) is 19.8 Å². The van der Waals surface area contributed by atoms with Gasteiger partial charge in [0.25, 0.3) is 0 Å². The first-order valence-corrected chi connectivity index (χ1v) is 2.93. The van der Waals surface area contributed by atoms with E-state index in [9.17, 15) is 0 Å². The van der Waals surface area contributed by atoms with E-state index in [1.807, 2.05) is 0 Å². The molecule has 1 rings (SSSR count). The summed E-state index contributed by atoms with van der Waals surface area (Å²) in [6.45, 7) is 7.00. The third-order valence-corrected chi connectivity index (χ3v) is 0.827. The standard InChI is InChI=1S/C4H8O.C3H5.BrH.Mg/c1-2-4-5-3-1;1-3-2;;/h1-4H2;1H2,2H3;1H;/q;-1;;+2/p-1. The maximum Gasteiger partial charge on any atom is 2.00 e. The first-order valence-electron chi connectivity index (χ1n) is 2.93. The molecule has 10 heavy (non-hydrogen) atoms. The van der Waals surface area contributed by atoms with E-state index in [1.165, 1.54) is 12.8 Å². The van der Waals surface area contributed by atoms with Crippen molar-refractivity contribution in [1.29, 1.82) is 0 Å². The molecule has 0 aromatic carbocycles. The third kappa shape index (κ3) is 16.0. The van der Waals surface area contributed by atoms with Crippen molar-refractivity contribution in [1.82, 2.24) is 0 Å². The summed E-state index contributed by atoms with van der Waals surface area (Å²) in [5.74, 6) is 0. The molecule has 0 unspecified atom stereocenters. The Labute approximate surface area is 90.1 Å². The van der Waals surface area contributed by atoms with Gasteiger partial charge in [-0.05, 0) is 12.8 Å². The molecule has 0 amide bonds. The van der Waals surface area contributed by atoms with Gasteiger partial charge in [0.1, 0.15) is 0 Å². The van der Waals surface area contributed by atoms with E-state index in [2.05, 4.69) is 12.7 Å². The van der Waals surface area contributed by atoms with Gasteiger partial charge in [0.2, 0.25) is 0 Å². The second-order valence-corrected chi connectivity index (χ2v) is 1.67. The van der Waals surface area contributed by atoms with Crippen LogP contribution in [0.2, 0.25) is 0 Å². The summed E-state index contributed by atoms with van der Waals surface area (Å²) in [5, 5.41) is 0. The average molecular weight is 217 g/mol. The predicted octanol–water partition coefficient (Wildman–Crippen LogP) is -1.58. The fourth-order valence-corrected chi connectivity index (χ4v) is 0.510. The average Bonchev–Trinajstić information content (AvgIpc) is 2.17. The van der Waals surface area contributed by atoms with Crippen molar-refractivity contribution in [3.63, 3.8) is 0 Å². The van der Waals surface area contributed by atoms with Crippen LogP contribution < -0.4 is 17.0 Å². The van der Waals surface area contributed by atoms with E-state index in [4.69, 9.17) is 4.74 Å². The molecule has 56 valence electrons. The summed E-state index contributed by atoms with van der Waals surface area (Å²) >= 11 is 0. The number of hydrogen-bond acceptors (Lipinski definition) is 1. The Kier molecular flexibility index (Phi) is 28.3. The van der Waals surface area contributed by atoms with Gasteiger partial charge in [0.15, 0.2) is 0 Å². The van der Waals surface area contributed by atoms with Crippen LogP contribution in [-0.2, 0) is 4.74 Å². The topological polar surface area (TPSA) is 9.23 Å². The molecule has 0 radical (unpaired) electrons. The molecule has 0 N–H and O–H groups in total. The van der Waals surface area contributed by atoms with Crippen LogP contribution in [0.3, 0.4) is 0 Å². The number of hydrogen-bond donors (Lipinski definition) is 0. The Bertz CT molecular complexity index is 48.0. The van der Waals surface area contributed by atoms with E-state index >= 15 is 0 Å². The van der Waals surface area contributed by atoms with Crippen LogP contribution in [0, 0.1) is 6.08 Å². The molecule has 1 aliphatic rings. The van der Waals surface area contributed by atoms with Crippen LogP contribution in [0.1, 0.15) is 19.8 Å². The molecule has 0 saturated carbocycles. The normalized spacial score (nSPS) is 13.3. The maximum atomic E-state index is 4.94. The number of ether oxygens (including phenoxy) is 1. The van der Waals surface area contributed by atoms with Crippen LogP contribution in [-0.4, -0.2) is 36.3 Å². The van der Waals surface area contributed by atoms with Gasteiger partial charge in [-0.3, -0.25) is 6.58 Å². The summed E-state index contributed by atoms with van der Waals surface area (Å²) in [6.07, 6.45) is 5.06.